The molecule has 3 nitrogen and oxygen atoms in total. The second-order valence-corrected chi connectivity index (χ2v) is 9.17. The van der Waals surface area contributed by atoms with Crippen molar-refractivity contribution in [2.75, 3.05) is 13.2 Å². The van der Waals surface area contributed by atoms with Crippen LogP contribution in [0.2, 0.25) is 5.02 Å². The zero-order valence-corrected chi connectivity index (χ0v) is 17.7. The Labute approximate surface area is 172 Å². The molecule has 0 radical (unpaired) electrons. The maximum absolute atomic E-state index is 12.9. The summed E-state index contributed by atoms with van der Waals surface area (Å²) in [5.41, 5.74) is 0.737. The van der Waals surface area contributed by atoms with Crippen LogP contribution in [0.1, 0.15) is 25.3 Å². The van der Waals surface area contributed by atoms with Gasteiger partial charge in [0, 0.05) is 27.6 Å². The van der Waals surface area contributed by atoms with E-state index in [4.69, 9.17) is 16.3 Å². The quantitative estimate of drug-likeness (QED) is 0.614. The second-order valence-electron chi connectivity index (χ2n) is 6.41. The van der Waals surface area contributed by atoms with Crippen molar-refractivity contribution in [1.29, 1.82) is 0 Å². The van der Waals surface area contributed by atoms with E-state index in [2.05, 4.69) is 33.4 Å². The van der Waals surface area contributed by atoms with Crippen molar-refractivity contribution in [2.45, 2.75) is 35.4 Å². The van der Waals surface area contributed by atoms with E-state index in [-0.39, 0.29) is 16.7 Å². The zero-order valence-electron chi connectivity index (χ0n) is 14.5. The van der Waals surface area contributed by atoms with E-state index in [0.717, 1.165) is 27.8 Å². The first kappa shape index (κ1) is 19.7. The Kier molecular flexibility index (Phi) is 6.67. The topological polar surface area (TPSA) is 38.3 Å². The van der Waals surface area contributed by atoms with Gasteiger partial charge in [-0.15, -0.1) is 11.8 Å². The van der Waals surface area contributed by atoms with Crippen LogP contribution in [0.15, 0.2) is 57.9 Å². The molecule has 1 amide bonds. The molecule has 1 atom stereocenters. The number of ether oxygens (including phenoxy) is 1. The summed E-state index contributed by atoms with van der Waals surface area (Å²) in [4.78, 5) is 14.0. The third-order valence-electron chi connectivity index (χ3n) is 4.58. The van der Waals surface area contributed by atoms with Crippen LogP contribution < -0.4 is 5.32 Å². The first-order chi connectivity index (χ1) is 12.5. The van der Waals surface area contributed by atoms with E-state index < -0.39 is 0 Å². The first-order valence-corrected chi connectivity index (χ1v) is 10.6. The minimum atomic E-state index is -0.381. The van der Waals surface area contributed by atoms with Gasteiger partial charge in [-0.2, -0.15) is 0 Å². The second kappa shape index (κ2) is 8.79. The lowest BCUT2D eigenvalue weighted by Crippen LogP contribution is -2.51. The highest BCUT2D eigenvalue weighted by molar-refractivity contribution is 9.10. The number of thioether (sulfide) groups is 1. The first-order valence-electron chi connectivity index (χ1n) is 8.57. The molecule has 1 aliphatic heterocycles. The van der Waals surface area contributed by atoms with Crippen LogP contribution in [0.25, 0.3) is 0 Å². The lowest BCUT2D eigenvalue weighted by molar-refractivity contribution is -0.123. The fourth-order valence-corrected chi connectivity index (χ4v) is 4.49. The molecule has 1 heterocycles. The van der Waals surface area contributed by atoms with Gasteiger partial charge in [0.1, 0.15) is 0 Å². The van der Waals surface area contributed by atoms with Gasteiger partial charge in [0.15, 0.2) is 0 Å². The number of halogens is 2. The van der Waals surface area contributed by atoms with Crippen LogP contribution >= 0.6 is 39.3 Å². The lowest BCUT2D eigenvalue weighted by Gasteiger charge is -2.39. The van der Waals surface area contributed by atoms with Gasteiger partial charge in [-0.25, -0.2) is 0 Å². The van der Waals surface area contributed by atoms with Gasteiger partial charge < -0.3 is 10.1 Å². The van der Waals surface area contributed by atoms with Gasteiger partial charge in [-0.3, -0.25) is 4.79 Å². The fourth-order valence-electron chi connectivity index (χ4n) is 3.10. The van der Waals surface area contributed by atoms with Crippen molar-refractivity contribution in [3.8, 4) is 0 Å². The average molecular weight is 455 g/mol. The molecule has 0 bridgehead atoms. The van der Waals surface area contributed by atoms with E-state index in [0.29, 0.717) is 18.2 Å². The number of amides is 1. The summed E-state index contributed by atoms with van der Waals surface area (Å²) in [5, 5.41) is 3.81. The van der Waals surface area contributed by atoms with Crippen molar-refractivity contribution < 1.29 is 9.53 Å². The maximum atomic E-state index is 12.9. The molecule has 26 heavy (non-hydrogen) atoms. The molecule has 1 saturated heterocycles. The maximum Gasteiger partial charge on any atom is 0.233 e. The van der Waals surface area contributed by atoms with Crippen LogP contribution in [0, 0.1) is 0 Å². The summed E-state index contributed by atoms with van der Waals surface area (Å²) in [6, 6.07) is 15.7. The summed E-state index contributed by atoms with van der Waals surface area (Å²) in [6.07, 6.45) is 1.54. The molecular formula is C20H21BrClNO2S. The molecular weight excluding hydrogens is 434 g/mol. The Bertz CT molecular complexity index is 763. The van der Waals surface area contributed by atoms with Crippen molar-refractivity contribution in [3.63, 3.8) is 0 Å². The standard InChI is InChI=1S/C20H21BrClNO2S/c1-14(26-18-7-5-17(22)6-8-18)19(24)23-20(9-11-25-12-10-20)15-3-2-4-16(21)13-15/h2-8,13-14H,9-12H2,1H3,(H,23,24). The van der Waals surface area contributed by atoms with E-state index >= 15 is 0 Å². The molecule has 0 aliphatic carbocycles. The van der Waals surface area contributed by atoms with E-state index in [1.807, 2.05) is 43.3 Å². The average Bonchev–Trinajstić information content (AvgIpc) is 2.64. The number of rotatable bonds is 5. The molecule has 1 fully saturated rings. The molecule has 0 saturated carbocycles. The number of benzene rings is 2. The number of carbonyl (C=O) groups is 1. The van der Waals surface area contributed by atoms with Crippen LogP contribution in [0.4, 0.5) is 0 Å². The molecule has 6 heteroatoms. The fraction of sp³-hybridized carbons (Fsp3) is 0.350. The molecule has 0 aromatic heterocycles. The Morgan fingerprint density at radius 3 is 2.58 bits per heavy atom. The largest absolute Gasteiger partial charge is 0.381 e. The lowest BCUT2D eigenvalue weighted by atomic mass is 9.82. The Morgan fingerprint density at radius 2 is 1.92 bits per heavy atom. The Morgan fingerprint density at radius 1 is 1.23 bits per heavy atom. The van der Waals surface area contributed by atoms with Crippen LogP contribution in [-0.2, 0) is 15.1 Å². The van der Waals surface area contributed by atoms with Crippen LogP contribution in [0.5, 0.6) is 0 Å². The molecule has 3 rings (SSSR count). The summed E-state index contributed by atoms with van der Waals surface area (Å²) < 4.78 is 6.56. The molecule has 1 unspecified atom stereocenters. The highest BCUT2D eigenvalue weighted by atomic mass is 79.9. The van der Waals surface area contributed by atoms with Gasteiger partial charge in [0.25, 0.3) is 0 Å². The minimum absolute atomic E-state index is 0.0341. The van der Waals surface area contributed by atoms with Gasteiger partial charge in [0.05, 0.1) is 10.8 Å². The molecule has 0 spiro atoms. The predicted molar refractivity (Wildman–Crippen MR) is 111 cm³/mol. The zero-order chi connectivity index (χ0) is 18.6. The molecule has 2 aromatic rings. The summed E-state index contributed by atoms with van der Waals surface area (Å²) in [6.45, 7) is 3.22. The van der Waals surface area contributed by atoms with E-state index in [1.54, 1.807) is 0 Å². The molecule has 138 valence electrons. The van der Waals surface area contributed by atoms with Crippen molar-refractivity contribution >= 4 is 45.2 Å². The highest BCUT2D eigenvalue weighted by Gasteiger charge is 2.37. The monoisotopic (exact) mass is 453 g/mol. The molecule has 1 N–H and O–H groups in total. The van der Waals surface area contributed by atoms with Crippen molar-refractivity contribution in [2.24, 2.45) is 0 Å². The number of nitrogens with one attached hydrogen (secondary N) is 1. The number of hydrogen-bond donors (Lipinski definition) is 1. The van der Waals surface area contributed by atoms with Crippen molar-refractivity contribution in [3.05, 3.63) is 63.6 Å². The van der Waals surface area contributed by atoms with E-state index in [1.165, 1.54) is 11.8 Å². The highest BCUT2D eigenvalue weighted by Crippen LogP contribution is 2.34. The minimum Gasteiger partial charge on any atom is -0.381 e. The van der Waals surface area contributed by atoms with Gasteiger partial charge in [-0.05, 0) is 61.7 Å². The third kappa shape index (κ3) is 4.83. The normalized spacial score (nSPS) is 17.5. The Balaban J connectivity index is 1.75. The van der Waals surface area contributed by atoms with Gasteiger partial charge in [-0.1, -0.05) is 39.7 Å². The number of carbonyl (C=O) groups excluding carboxylic acids is 1. The van der Waals surface area contributed by atoms with Crippen LogP contribution in [0.3, 0.4) is 0 Å². The summed E-state index contributed by atoms with van der Waals surface area (Å²) >= 11 is 11.0. The Hall–Kier alpha value is -1.01. The number of hydrogen-bond acceptors (Lipinski definition) is 3. The smallest absolute Gasteiger partial charge is 0.233 e. The SMILES string of the molecule is CC(Sc1ccc(Cl)cc1)C(=O)NC1(c2cccc(Br)c2)CCOCC1. The molecule has 2 aromatic carbocycles. The van der Waals surface area contributed by atoms with Gasteiger partial charge >= 0.3 is 0 Å². The predicted octanol–water partition coefficient (Wildman–Crippen LogP) is 5.41. The summed E-state index contributed by atoms with van der Waals surface area (Å²) in [7, 11) is 0. The van der Waals surface area contributed by atoms with E-state index in [9.17, 15) is 4.79 Å². The summed E-state index contributed by atoms with van der Waals surface area (Å²) in [5.74, 6) is 0.0341. The molecule has 1 aliphatic rings. The van der Waals surface area contributed by atoms with Crippen LogP contribution in [-0.4, -0.2) is 24.4 Å². The van der Waals surface area contributed by atoms with Crippen molar-refractivity contribution in [1.82, 2.24) is 5.32 Å². The third-order valence-corrected chi connectivity index (χ3v) is 6.44. The van der Waals surface area contributed by atoms with Gasteiger partial charge in [0.2, 0.25) is 5.91 Å².